The van der Waals surface area contributed by atoms with Gasteiger partial charge < -0.3 is 5.32 Å². The topological polar surface area (TPSA) is 119 Å². The number of aromatic nitrogens is 4. The van der Waals surface area contributed by atoms with Crippen LogP contribution < -0.4 is 10.0 Å². The Balaban J connectivity index is 1.61. The van der Waals surface area contributed by atoms with Gasteiger partial charge in [-0.15, -0.1) is 5.10 Å². The van der Waals surface area contributed by atoms with Crippen LogP contribution in [0.1, 0.15) is 21.7 Å². The molecule has 3 aromatic carbocycles. The van der Waals surface area contributed by atoms with Gasteiger partial charge in [-0.3, -0.25) is 9.52 Å². The number of benzene rings is 3. The maximum Gasteiger partial charge on any atom is 0.261 e. The summed E-state index contributed by atoms with van der Waals surface area (Å²) >= 11 is 0. The van der Waals surface area contributed by atoms with Crippen molar-refractivity contribution in [3.63, 3.8) is 0 Å². The van der Waals surface area contributed by atoms with Gasteiger partial charge in [-0.05, 0) is 84.4 Å². The van der Waals surface area contributed by atoms with Crippen LogP contribution in [0.4, 0.5) is 20.2 Å². The molecular weight excluding hydrogens is 466 g/mol. The Morgan fingerprint density at radius 3 is 2.38 bits per heavy atom. The highest BCUT2D eigenvalue weighted by molar-refractivity contribution is 7.92. The van der Waals surface area contributed by atoms with Crippen LogP contribution in [0.5, 0.6) is 0 Å². The monoisotopic (exact) mass is 484 g/mol. The third-order valence-electron chi connectivity index (χ3n) is 4.93. The second-order valence-corrected chi connectivity index (χ2v) is 9.03. The number of halogens is 2. The Labute approximate surface area is 193 Å². The number of hydrogen-bond acceptors (Lipinski definition) is 6. The highest BCUT2D eigenvalue weighted by atomic mass is 32.2. The zero-order valence-electron chi connectivity index (χ0n) is 18.0. The smallest absolute Gasteiger partial charge is 0.261 e. The van der Waals surface area contributed by atoms with Crippen LogP contribution >= 0.6 is 0 Å². The fourth-order valence-corrected chi connectivity index (χ4v) is 4.23. The predicted molar refractivity (Wildman–Crippen MR) is 120 cm³/mol. The average molecular weight is 484 g/mol. The summed E-state index contributed by atoms with van der Waals surface area (Å²) in [6.07, 6.45) is 0. The van der Waals surface area contributed by atoms with Gasteiger partial charge in [0.25, 0.3) is 15.9 Å². The molecule has 0 unspecified atom stereocenters. The number of sulfonamides is 1. The number of nitrogens with one attached hydrogen (secondary N) is 2. The fourth-order valence-electron chi connectivity index (χ4n) is 3.15. The van der Waals surface area contributed by atoms with Crippen molar-refractivity contribution in [3.05, 3.63) is 89.2 Å². The summed E-state index contributed by atoms with van der Waals surface area (Å²) in [7, 11) is -4.07. The Hall–Kier alpha value is -4.19. The fraction of sp³-hybridized carbons (Fsp3) is 0.0909. The molecule has 1 heterocycles. The van der Waals surface area contributed by atoms with Crippen molar-refractivity contribution < 1.29 is 22.0 Å². The molecule has 0 saturated heterocycles. The number of tetrazole rings is 1. The molecule has 0 atom stereocenters. The van der Waals surface area contributed by atoms with E-state index in [1.807, 2.05) is 0 Å². The first-order valence-corrected chi connectivity index (χ1v) is 11.4. The van der Waals surface area contributed by atoms with E-state index in [1.54, 1.807) is 13.8 Å². The summed E-state index contributed by atoms with van der Waals surface area (Å²) in [5.74, 6) is -1.45. The molecule has 34 heavy (non-hydrogen) atoms. The van der Waals surface area contributed by atoms with E-state index < -0.39 is 27.6 Å². The summed E-state index contributed by atoms with van der Waals surface area (Å²) < 4.78 is 56.8. The maximum atomic E-state index is 14.4. The highest BCUT2D eigenvalue weighted by Gasteiger charge is 2.20. The maximum absolute atomic E-state index is 14.4. The van der Waals surface area contributed by atoms with E-state index in [9.17, 15) is 22.0 Å². The lowest BCUT2D eigenvalue weighted by atomic mass is 10.1. The van der Waals surface area contributed by atoms with Crippen LogP contribution in [0.25, 0.3) is 5.69 Å². The van der Waals surface area contributed by atoms with E-state index in [0.29, 0.717) is 17.1 Å². The molecule has 0 aliphatic carbocycles. The standard InChI is InChI=1S/C22H18F2N6O3S/c1-13-3-9-18(34(32,33)27-16-6-4-15(23)5-7-16)12-19(13)22(31)25-21-11-17(8-10-20(21)24)30-14(2)26-28-29-30/h3-12,27H,1-2H3,(H,25,31). The third-order valence-corrected chi connectivity index (χ3v) is 6.31. The van der Waals surface area contributed by atoms with E-state index in [0.717, 1.165) is 18.2 Å². The quantitative estimate of drug-likeness (QED) is 0.432. The van der Waals surface area contributed by atoms with Gasteiger partial charge in [-0.1, -0.05) is 6.07 Å². The van der Waals surface area contributed by atoms with Crippen LogP contribution in [0.2, 0.25) is 0 Å². The number of carbonyl (C=O) groups excluding carboxylic acids is 1. The molecule has 1 amide bonds. The summed E-state index contributed by atoms with van der Waals surface area (Å²) in [5, 5.41) is 13.6. The lowest BCUT2D eigenvalue weighted by molar-refractivity contribution is 0.102. The Bertz CT molecular complexity index is 1490. The SMILES string of the molecule is Cc1ccc(S(=O)(=O)Nc2ccc(F)cc2)cc1C(=O)Nc1cc(-n2nnnc2C)ccc1F. The van der Waals surface area contributed by atoms with Gasteiger partial charge in [0.1, 0.15) is 11.6 Å². The molecule has 2 N–H and O–H groups in total. The lowest BCUT2D eigenvalue weighted by Gasteiger charge is -2.13. The highest BCUT2D eigenvalue weighted by Crippen LogP contribution is 2.23. The number of hydrogen-bond donors (Lipinski definition) is 2. The molecule has 174 valence electrons. The Morgan fingerprint density at radius 1 is 0.971 bits per heavy atom. The minimum atomic E-state index is -4.07. The average Bonchev–Trinajstić information content (AvgIpc) is 3.22. The van der Waals surface area contributed by atoms with Crippen molar-refractivity contribution in [2.45, 2.75) is 18.7 Å². The third kappa shape index (κ3) is 4.76. The number of anilines is 2. The van der Waals surface area contributed by atoms with Gasteiger partial charge >= 0.3 is 0 Å². The molecule has 0 radical (unpaired) electrons. The van der Waals surface area contributed by atoms with Crippen molar-refractivity contribution in [2.75, 3.05) is 10.0 Å². The second-order valence-electron chi connectivity index (χ2n) is 7.35. The summed E-state index contributed by atoms with van der Waals surface area (Å²) in [6, 6.07) is 12.7. The molecule has 12 heteroatoms. The minimum absolute atomic E-state index is 0.0328. The number of carbonyl (C=O) groups is 1. The molecule has 0 bridgehead atoms. The molecule has 1 aromatic heterocycles. The number of rotatable bonds is 6. The van der Waals surface area contributed by atoms with Crippen molar-refractivity contribution in [1.82, 2.24) is 20.2 Å². The molecule has 0 aliphatic rings. The number of amides is 1. The van der Waals surface area contributed by atoms with Gasteiger partial charge in [0.15, 0.2) is 5.82 Å². The summed E-state index contributed by atoms with van der Waals surface area (Å²) in [5.41, 5.74) is 0.964. The van der Waals surface area contributed by atoms with E-state index in [1.165, 1.54) is 47.1 Å². The second kappa shape index (κ2) is 8.98. The molecule has 4 aromatic rings. The van der Waals surface area contributed by atoms with Crippen LogP contribution in [-0.4, -0.2) is 34.5 Å². The first-order valence-electron chi connectivity index (χ1n) is 9.89. The van der Waals surface area contributed by atoms with Crippen molar-refractivity contribution in [2.24, 2.45) is 0 Å². The molecular formula is C22H18F2N6O3S. The van der Waals surface area contributed by atoms with Crippen molar-refractivity contribution in [1.29, 1.82) is 0 Å². The summed E-state index contributed by atoms with van der Waals surface area (Å²) in [4.78, 5) is 12.8. The van der Waals surface area contributed by atoms with E-state index >= 15 is 0 Å². The lowest BCUT2D eigenvalue weighted by Crippen LogP contribution is -2.18. The van der Waals surface area contributed by atoms with Crippen LogP contribution in [0.15, 0.2) is 65.6 Å². The molecule has 4 rings (SSSR count). The van der Waals surface area contributed by atoms with Crippen LogP contribution in [-0.2, 0) is 10.0 Å². The normalized spacial score (nSPS) is 11.3. The zero-order chi connectivity index (χ0) is 24.5. The van der Waals surface area contributed by atoms with Crippen LogP contribution in [0, 0.1) is 25.5 Å². The molecule has 0 saturated carbocycles. The largest absolute Gasteiger partial charge is 0.319 e. The Morgan fingerprint density at radius 2 is 1.71 bits per heavy atom. The van der Waals surface area contributed by atoms with Gasteiger partial charge in [0.2, 0.25) is 0 Å². The molecule has 0 aliphatic heterocycles. The Kier molecular flexibility index (Phi) is 6.07. The van der Waals surface area contributed by atoms with Gasteiger partial charge in [-0.2, -0.15) is 4.68 Å². The van der Waals surface area contributed by atoms with E-state index in [-0.39, 0.29) is 21.8 Å². The van der Waals surface area contributed by atoms with E-state index in [4.69, 9.17) is 0 Å². The molecule has 9 nitrogen and oxygen atoms in total. The molecule has 0 fully saturated rings. The van der Waals surface area contributed by atoms with Gasteiger partial charge in [-0.25, -0.2) is 17.2 Å². The van der Waals surface area contributed by atoms with Crippen LogP contribution in [0.3, 0.4) is 0 Å². The van der Waals surface area contributed by atoms with Crippen molar-refractivity contribution in [3.8, 4) is 5.69 Å². The first kappa shape index (κ1) is 23.0. The zero-order valence-corrected chi connectivity index (χ0v) is 18.8. The van der Waals surface area contributed by atoms with Gasteiger partial charge in [0.05, 0.1) is 16.3 Å². The van der Waals surface area contributed by atoms with Crippen molar-refractivity contribution >= 4 is 27.3 Å². The minimum Gasteiger partial charge on any atom is -0.319 e. The van der Waals surface area contributed by atoms with E-state index in [2.05, 4.69) is 25.6 Å². The number of nitrogens with zero attached hydrogens (tertiary/aromatic N) is 4. The van der Waals surface area contributed by atoms with Gasteiger partial charge in [0, 0.05) is 11.3 Å². The predicted octanol–water partition coefficient (Wildman–Crippen LogP) is 3.61. The molecule has 0 spiro atoms. The number of aryl methyl sites for hydroxylation is 2. The first-order chi connectivity index (χ1) is 16.1. The summed E-state index contributed by atoms with van der Waals surface area (Å²) in [6.45, 7) is 3.28.